The molecule has 2 aromatic rings. The standard InChI is InChI=1S/C13H18N6/c1-9-8-11-13(16-5-7-19(11)17-9)18(10-2-3-10)6-4-12(14)15/h5,7-8,10H,2-4,6H2,1H3,(H3,14,15). The van der Waals surface area contributed by atoms with Crippen LogP contribution in [0, 0.1) is 12.3 Å². The first-order valence-electron chi connectivity index (χ1n) is 6.55. The number of hydrogen-bond acceptors (Lipinski definition) is 4. The van der Waals surface area contributed by atoms with Crippen molar-refractivity contribution in [1.29, 1.82) is 5.41 Å². The number of hydrogen-bond donors (Lipinski definition) is 2. The fourth-order valence-electron chi connectivity index (χ4n) is 2.34. The van der Waals surface area contributed by atoms with Crippen LogP contribution in [0.4, 0.5) is 5.82 Å². The predicted octanol–water partition coefficient (Wildman–Crippen LogP) is 1.33. The number of aryl methyl sites for hydroxylation is 1. The van der Waals surface area contributed by atoms with Crippen LogP contribution >= 0.6 is 0 Å². The average molecular weight is 258 g/mol. The average Bonchev–Trinajstić information content (AvgIpc) is 3.10. The molecule has 1 fully saturated rings. The minimum Gasteiger partial charge on any atom is -0.388 e. The Kier molecular flexibility index (Phi) is 2.85. The van der Waals surface area contributed by atoms with E-state index in [9.17, 15) is 0 Å². The van der Waals surface area contributed by atoms with Gasteiger partial charge in [-0.05, 0) is 25.8 Å². The van der Waals surface area contributed by atoms with Crippen molar-refractivity contribution < 1.29 is 0 Å². The Morgan fingerprint density at radius 2 is 2.37 bits per heavy atom. The molecule has 3 rings (SSSR count). The quantitative estimate of drug-likeness (QED) is 0.626. The van der Waals surface area contributed by atoms with Gasteiger partial charge in [0.25, 0.3) is 0 Å². The predicted molar refractivity (Wildman–Crippen MR) is 74.6 cm³/mol. The summed E-state index contributed by atoms with van der Waals surface area (Å²) in [5, 5.41) is 11.8. The summed E-state index contributed by atoms with van der Waals surface area (Å²) in [5.74, 6) is 1.18. The summed E-state index contributed by atoms with van der Waals surface area (Å²) in [6.07, 6.45) is 6.59. The van der Waals surface area contributed by atoms with Crippen molar-refractivity contribution in [3.8, 4) is 0 Å². The molecule has 0 radical (unpaired) electrons. The molecule has 6 heteroatoms. The fourth-order valence-corrected chi connectivity index (χ4v) is 2.34. The van der Waals surface area contributed by atoms with Gasteiger partial charge in [0.15, 0.2) is 5.82 Å². The third-order valence-electron chi connectivity index (χ3n) is 3.37. The zero-order valence-electron chi connectivity index (χ0n) is 11.0. The highest BCUT2D eigenvalue weighted by Gasteiger charge is 2.31. The lowest BCUT2D eigenvalue weighted by Crippen LogP contribution is -2.31. The van der Waals surface area contributed by atoms with Crippen molar-refractivity contribution in [2.24, 2.45) is 5.73 Å². The van der Waals surface area contributed by atoms with E-state index >= 15 is 0 Å². The summed E-state index contributed by atoms with van der Waals surface area (Å²) in [6.45, 7) is 2.73. The van der Waals surface area contributed by atoms with Crippen molar-refractivity contribution in [2.75, 3.05) is 11.4 Å². The number of fused-ring (bicyclic) bond motifs is 1. The molecule has 1 aliphatic rings. The summed E-state index contributed by atoms with van der Waals surface area (Å²) >= 11 is 0. The van der Waals surface area contributed by atoms with E-state index in [1.807, 2.05) is 23.7 Å². The van der Waals surface area contributed by atoms with Crippen LogP contribution in [0.2, 0.25) is 0 Å². The molecule has 0 aromatic carbocycles. The van der Waals surface area contributed by atoms with Crippen molar-refractivity contribution >= 4 is 17.2 Å². The number of rotatable bonds is 5. The van der Waals surface area contributed by atoms with Gasteiger partial charge in [-0.3, -0.25) is 5.41 Å². The second kappa shape index (κ2) is 4.53. The zero-order valence-corrected chi connectivity index (χ0v) is 11.0. The summed E-state index contributed by atoms with van der Waals surface area (Å²) in [4.78, 5) is 6.78. The summed E-state index contributed by atoms with van der Waals surface area (Å²) in [7, 11) is 0. The van der Waals surface area contributed by atoms with Crippen LogP contribution in [0.1, 0.15) is 25.0 Å². The lowest BCUT2D eigenvalue weighted by atomic mass is 10.3. The molecule has 0 bridgehead atoms. The van der Waals surface area contributed by atoms with Gasteiger partial charge in [0.1, 0.15) is 5.52 Å². The smallest absolute Gasteiger partial charge is 0.154 e. The largest absolute Gasteiger partial charge is 0.388 e. The first-order chi connectivity index (χ1) is 9.15. The van der Waals surface area contributed by atoms with Crippen molar-refractivity contribution in [1.82, 2.24) is 14.6 Å². The molecule has 1 aliphatic carbocycles. The fraction of sp³-hybridized carbons (Fsp3) is 0.462. The second-order valence-corrected chi connectivity index (χ2v) is 5.07. The van der Waals surface area contributed by atoms with E-state index in [-0.39, 0.29) is 5.84 Å². The van der Waals surface area contributed by atoms with Crippen LogP contribution in [0.15, 0.2) is 18.5 Å². The molecule has 6 nitrogen and oxygen atoms in total. The lowest BCUT2D eigenvalue weighted by Gasteiger charge is -2.23. The van der Waals surface area contributed by atoms with E-state index < -0.39 is 0 Å². The van der Waals surface area contributed by atoms with Gasteiger partial charge in [0.05, 0.1) is 11.5 Å². The van der Waals surface area contributed by atoms with Crippen LogP contribution in [0.5, 0.6) is 0 Å². The monoisotopic (exact) mass is 258 g/mol. The highest BCUT2D eigenvalue weighted by molar-refractivity contribution is 5.78. The van der Waals surface area contributed by atoms with Gasteiger partial charge in [-0.1, -0.05) is 0 Å². The van der Waals surface area contributed by atoms with Crippen LogP contribution < -0.4 is 10.6 Å². The van der Waals surface area contributed by atoms with Crippen LogP contribution in [-0.4, -0.2) is 33.0 Å². The molecular weight excluding hydrogens is 240 g/mol. The molecular formula is C13H18N6. The highest BCUT2D eigenvalue weighted by Crippen LogP contribution is 2.32. The van der Waals surface area contributed by atoms with Gasteiger partial charge in [-0.25, -0.2) is 9.50 Å². The molecule has 0 saturated heterocycles. The van der Waals surface area contributed by atoms with E-state index in [0.717, 1.165) is 23.6 Å². The number of nitrogens with zero attached hydrogens (tertiary/aromatic N) is 4. The number of aromatic nitrogens is 3. The minimum absolute atomic E-state index is 0.224. The summed E-state index contributed by atoms with van der Waals surface area (Å²) in [5.41, 5.74) is 7.48. The Labute approximate surface area is 111 Å². The Hall–Kier alpha value is -2.11. The minimum atomic E-state index is 0.224. The van der Waals surface area contributed by atoms with E-state index in [1.54, 1.807) is 6.20 Å². The molecule has 3 N–H and O–H groups in total. The number of amidine groups is 1. The summed E-state index contributed by atoms with van der Waals surface area (Å²) in [6, 6.07) is 2.58. The number of nitrogens with two attached hydrogens (primary N) is 1. The SMILES string of the molecule is Cc1cc2c(N(CCC(=N)N)C3CC3)nccn2n1. The zero-order chi connectivity index (χ0) is 13.4. The van der Waals surface area contributed by atoms with E-state index in [2.05, 4.69) is 15.0 Å². The van der Waals surface area contributed by atoms with Crippen LogP contribution in [0.3, 0.4) is 0 Å². The molecule has 0 spiro atoms. The first-order valence-corrected chi connectivity index (χ1v) is 6.55. The van der Waals surface area contributed by atoms with Gasteiger partial charge in [-0.2, -0.15) is 5.10 Å². The van der Waals surface area contributed by atoms with Gasteiger partial charge in [0.2, 0.25) is 0 Å². The van der Waals surface area contributed by atoms with E-state index in [4.69, 9.17) is 11.1 Å². The van der Waals surface area contributed by atoms with Crippen molar-refractivity contribution in [3.63, 3.8) is 0 Å². The maximum atomic E-state index is 7.39. The van der Waals surface area contributed by atoms with Crippen molar-refractivity contribution in [3.05, 3.63) is 24.2 Å². The van der Waals surface area contributed by atoms with E-state index in [1.165, 1.54) is 12.8 Å². The number of anilines is 1. The molecule has 0 aliphatic heterocycles. The normalized spacial score (nSPS) is 14.8. The third-order valence-corrected chi connectivity index (χ3v) is 3.37. The summed E-state index contributed by atoms with van der Waals surface area (Å²) < 4.78 is 1.86. The third kappa shape index (κ3) is 2.38. The number of nitrogens with one attached hydrogen (secondary N) is 1. The Morgan fingerprint density at radius 3 is 3.05 bits per heavy atom. The van der Waals surface area contributed by atoms with Gasteiger partial charge >= 0.3 is 0 Å². The lowest BCUT2D eigenvalue weighted by molar-refractivity contribution is 0.778. The Morgan fingerprint density at radius 1 is 1.58 bits per heavy atom. The van der Waals surface area contributed by atoms with Gasteiger partial charge in [-0.15, -0.1) is 0 Å². The molecule has 0 atom stereocenters. The molecule has 19 heavy (non-hydrogen) atoms. The second-order valence-electron chi connectivity index (χ2n) is 5.07. The van der Waals surface area contributed by atoms with Crippen molar-refractivity contribution in [2.45, 2.75) is 32.2 Å². The molecule has 2 aromatic heterocycles. The maximum absolute atomic E-state index is 7.39. The maximum Gasteiger partial charge on any atom is 0.154 e. The molecule has 1 saturated carbocycles. The molecule has 0 unspecified atom stereocenters. The molecule has 0 amide bonds. The van der Waals surface area contributed by atoms with Gasteiger partial charge in [0, 0.05) is 31.4 Å². The van der Waals surface area contributed by atoms with E-state index in [0.29, 0.717) is 12.5 Å². The molecule has 100 valence electrons. The first kappa shape index (κ1) is 12.0. The van der Waals surface area contributed by atoms with Crippen LogP contribution in [-0.2, 0) is 0 Å². The van der Waals surface area contributed by atoms with Crippen LogP contribution in [0.25, 0.3) is 5.52 Å². The Bertz CT molecular complexity index is 613. The highest BCUT2D eigenvalue weighted by atomic mass is 15.3. The molecule has 2 heterocycles. The van der Waals surface area contributed by atoms with Gasteiger partial charge < -0.3 is 10.6 Å². The Balaban J connectivity index is 1.97. The topological polar surface area (TPSA) is 83.3 Å².